The van der Waals surface area contributed by atoms with Crippen LogP contribution in [0.15, 0.2) is 16.8 Å². The summed E-state index contributed by atoms with van der Waals surface area (Å²) in [6.07, 6.45) is 0. The van der Waals surface area contributed by atoms with Crippen LogP contribution >= 0.6 is 11.3 Å². The molecule has 0 spiro atoms. The standard InChI is InChI=1S/C14H19N3O3S/c1-10(2)15-12(18)7-16-4-5-17(8-13(16)19)14(20)11-3-6-21-9-11/h3,6,9-10H,4-5,7-8H2,1-2H3,(H,15,18). The van der Waals surface area contributed by atoms with Gasteiger partial charge in [0.05, 0.1) is 12.1 Å². The van der Waals surface area contributed by atoms with Crippen molar-refractivity contribution < 1.29 is 14.4 Å². The van der Waals surface area contributed by atoms with E-state index >= 15 is 0 Å². The van der Waals surface area contributed by atoms with Crippen molar-refractivity contribution in [3.8, 4) is 0 Å². The van der Waals surface area contributed by atoms with Gasteiger partial charge in [-0.25, -0.2) is 0 Å². The van der Waals surface area contributed by atoms with E-state index in [4.69, 9.17) is 0 Å². The van der Waals surface area contributed by atoms with E-state index in [1.807, 2.05) is 19.2 Å². The van der Waals surface area contributed by atoms with Crippen molar-refractivity contribution in [1.29, 1.82) is 0 Å². The molecule has 1 aliphatic heterocycles. The zero-order chi connectivity index (χ0) is 15.4. The second-order valence-electron chi connectivity index (χ2n) is 5.28. The van der Waals surface area contributed by atoms with Gasteiger partial charge in [0.15, 0.2) is 0 Å². The van der Waals surface area contributed by atoms with E-state index in [1.165, 1.54) is 21.1 Å². The van der Waals surface area contributed by atoms with E-state index in [9.17, 15) is 14.4 Å². The Bertz CT molecular complexity index is 528. The number of nitrogens with one attached hydrogen (secondary N) is 1. The Kier molecular flexibility index (Phi) is 4.95. The van der Waals surface area contributed by atoms with Crippen LogP contribution in [0.5, 0.6) is 0 Å². The molecule has 0 aliphatic carbocycles. The summed E-state index contributed by atoms with van der Waals surface area (Å²) in [5.74, 6) is -0.490. The van der Waals surface area contributed by atoms with Gasteiger partial charge in [0.1, 0.15) is 6.54 Å². The number of carbonyl (C=O) groups is 3. The van der Waals surface area contributed by atoms with Gasteiger partial charge < -0.3 is 15.1 Å². The van der Waals surface area contributed by atoms with Crippen LogP contribution in [0.25, 0.3) is 0 Å². The zero-order valence-corrected chi connectivity index (χ0v) is 13.0. The molecule has 0 aromatic carbocycles. The fraction of sp³-hybridized carbons (Fsp3) is 0.500. The van der Waals surface area contributed by atoms with E-state index in [0.29, 0.717) is 18.7 Å². The molecule has 0 atom stereocenters. The van der Waals surface area contributed by atoms with Crippen molar-refractivity contribution in [2.24, 2.45) is 0 Å². The average molecular weight is 309 g/mol. The average Bonchev–Trinajstić information content (AvgIpc) is 2.93. The quantitative estimate of drug-likeness (QED) is 0.883. The molecule has 1 fully saturated rings. The van der Waals surface area contributed by atoms with Crippen molar-refractivity contribution in [2.75, 3.05) is 26.2 Å². The van der Waals surface area contributed by atoms with E-state index in [1.54, 1.807) is 11.4 Å². The summed E-state index contributed by atoms with van der Waals surface area (Å²) in [5.41, 5.74) is 0.610. The third kappa shape index (κ3) is 4.04. The Morgan fingerprint density at radius 3 is 2.71 bits per heavy atom. The minimum absolute atomic E-state index is 0.0314. The minimum atomic E-state index is -0.191. The molecular weight excluding hydrogens is 290 g/mol. The first-order valence-electron chi connectivity index (χ1n) is 6.86. The molecule has 0 saturated carbocycles. The van der Waals surface area contributed by atoms with Gasteiger partial charge >= 0.3 is 0 Å². The van der Waals surface area contributed by atoms with Gasteiger partial charge in [0.25, 0.3) is 5.91 Å². The Balaban J connectivity index is 1.89. The number of carbonyl (C=O) groups excluding carboxylic acids is 3. The highest BCUT2D eigenvalue weighted by Crippen LogP contribution is 2.12. The summed E-state index contributed by atoms with van der Waals surface area (Å²) in [6, 6.07) is 1.80. The number of piperazine rings is 1. The predicted octanol–water partition coefficient (Wildman–Crippen LogP) is 0.557. The highest BCUT2D eigenvalue weighted by atomic mass is 32.1. The van der Waals surface area contributed by atoms with Gasteiger partial charge in [-0.2, -0.15) is 11.3 Å². The SMILES string of the molecule is CC(C)NC(=O)CN1CCN(C(=O)c2ccsc2)CC1=O. The molecule has 7 heteroatoms. The highest BCUT2D eigenvalue weighted by molar-refractivity contribution is 7.08. The zero-order valence-electron chi connectivity index (χ0n) is 12.2. The van der Waals surface area contributed by atoms with Crippen molar-refractivity contribution in [3.63, 3.8) is 0 Å². The van der Waals surface area contributed by atoms with Crippen LogP contribution in [0, 0.1) is 0 Å². The van der Waals surface area contributed by atoms with Gasteiger partial charge in [0.2, 0.25) is 11.8 Å². The molecule has 0 bridgehead atoms. The summed E-state index contributed by atoms with van der Waals surface area (Å²) in [5, 5.41) is 6.36. The molecule has 0 unspecified atom stereocenters. The summed E-state index contributed by atoms with van der Waals surface area (Å²) in [4.78, 5) is 38.9. The molecule has 114 valence electrons. The molecule has 1 aliphatic rings. The number of hydrogen-bond donors (Lipinski definition) is 1. The molecule has 3 amide bonds. The van der Waals surface area contributed by atoms with Crippen LogP contribution in [-0.4, -0.2) is 59.7 Å². The largest absolute Gasteiger partial charge is 0.352 e. The van der Waals surface area contributed by atoms with Crippen molar-refractivity contribution in [3.05, 3.63) is 22.4 Å². The molecule has 21 heavy (non-hydrogen) atoms. The van der Waals surface area contributed by atoms with Gasteiger partial charge in [0, 0.05) is 24.5 Å². The van der Waals surface area contributed by atoms with E-state index in [-0.39, 0.29) is 36.9 Å². The second kappa shape index (κ2) is 6.71. The third-order valence-corrected chi connectivity index (χ3v) is 3.84. The number of hydrogen-bond acceptors (Lipinski definition) is 4. The lowest BCUT2D eigenvalue weighted by Crippen LogP contribution is -2.54. The minimum Gasteiger partial charge on any atom is -0.352 e. The molecule has 1 aromatic heterocycles. The van der Waals surface area contributed by atoms with Gasteiger partial charge in [-0.15, -0.1) is 0 Å². The monoisotopic (exact) mass is 309 g/mol. The first-order chi connectivity index (χ1) is 9.97. The van der Waals surface area contributed by atoms with Crippen LogP contribution in [0.2, 0.25) is 0 Å². The highest BCUT2D eigenvalue weighted by Gasteiger charge is 2.28. The van der Waals surface area contributed by atoms with E-state index in [0.717, 1.165) is 0 Å². The summed E-state index contributed by atoms with van der Waals surface area (Å²) in [7, 11) is 0. The number of rotatable bonds is 4. The van der Waals surface area contributed by atoms with Crippen molar-refractivity contribution in [1.82, 2.24) is 15.1 Å². The Hall–Kier alpha value is -1.89. The molecule has 6 nitrogen and oxygen atoms in total. The number of thiophene rings is 1. The maximum Gasteiger partial charge on any atom is 0.255 e. The van der Waals surface area contributed by atoms with Gasteiger partial charge in [-0.3, -0.25) is 14.4 Å². The van der Waals surface area contributed by atoms with Crippen LogP contribution in [0.4, 0.5) is 0 Å². The first-order valence-corrected chi connectivity index (χ1v) is 7.80. The molecule has 1 N–H and O–H groups in total. The summed E-state index contributed by atoms with van der Waals surface area (Å²) in [6.45, 7) is 4.67. The normalized spacial score (nSPS) is 15.5. The van der Waals surface area contributed by atoms with E-state index < -0.39 is 0 Å². The van der Waals surface area contributed by atoms with Crippen molar-refractivity contribution in [2.45, 2.75) is 19.9 Å². The Morgan fingerprint density at radius 1 is 1.38 bits per heavy atom. The first kappa shape index (κ1) is 15.5. The fourth-order valence-corrected chi connectivity index (χ4v) is 2.79. The second-order valence-corrected chi connectivity index (χ2v) is 6.06. The predicted molar refractivity (Wildman–Crippen MR) is 80.1 cm³/mol. The number of nitrogens with zero attached hydrogens (tertiary/aromatic N) is 2. The van der Waals surface area contributed by atoms with Crippen LogP contribution in [-0.2, 0) is 9.59 Å². The Labute approximate surface area is 127 Å². The van der Waals surface area contributed by atoms with Crippen LogP contribution < -0.4 is 5.32 Å². The van der Waals surface area contributed by atoms with Crippen LogP contribution in [0.3, 0.4) is 0 Å². The fourth-order valence-electron chi connectivity index (χ4n) is 2.16. The molecule has 2 rings (SSSR count). The lowest BCUT2D eigenvalue weighted by Gasteiger charge is -2.34. The van der Waals surface area contributed by atoms with Crippen molar-refractivity contribution >= 4 is 29.1 Å². The third-order valence-electron chi connectivity index (χ3n) is 3.16. The van der Waals surface area contributed by atoms with Gasteiger partial charge in [-0.05, 0) is 25.3 Å². The van der Waals surface area contributed by atoms with E-state index in [2.05, 4.69) is 5.32 Å². The van der Waals surface area contributed by atoms with Crippen LogP contribution in [0.1, 0.15) is 24.2 Å². The molecule has 1 aromatic rings. The van der Waals surface area contributed by atoms with Gasteiger partial charge in [-0.1, -0.05) is 0 Å². The maximum absolute atomic E-state index is 12.2. The summed E-state index contributed by atoms with van der Waals surface area (Å²) >= 11 is 1.45. The molecule has 0 radical (unpaired) electrons. The summed E-state index contributed by atoms with van der Waals surface area (Å²) < 4.78 is 0. The molecular formula is C14H19N3O3S. The maximum atomic E-state index is 12.2. The smallest absolute Gasteiger partial charge is 0.255 e. The Morgan fingerprint density at radius 2 is 2.14 bits per heavy atom. The topological polar surface area (TPSA) is 69.7 Å². The lowest BCUT2D eigenvalue weighted by atomic mass is 10.2. The molecule has 2 heterocycles. The lowest BCUT2D eigenvalue weighted by molar-refractivity contribution is -0.139. The molecule has 1 saturated heterocycles. The number of amides is 3.